The summed E-state index contributed by atoms with van der Waals surface area (Å²) in [6, 6.07) is 17.6. The van der Waals surface area contributed by atoms with Gasteiger partial charge in [-0.2, -0.15) is 0 Å². The topological polar surface area (TPSA) is 113 Å². The molecule has 0 aliphatic carbocycles. The molecule has 42 heavy (non-hydrogen) atoms. The number of carbonyl (C=O) groups excluding carboxylic acids is 3. The number of likely N-dealkylation sites (tertiary alicyclic amines) is 1. The van der Waals surface area contributed by atoms with Crippen LogP contribution in [0.2, 0.25) is 5.02 Å². The number of rotatable bonds is 6. The maximum absolute atomic E-state index is 14.2. The molecule has 11 heteroatoms. The van der Waals surface area contributed by atoms with E-state index in [2.05, 4.69) is 5.32 Å². The number of amides is 2. The van der Waals surface area contributed by atoms with Gasteiger partial charge in [-0.25, -0.2) is 13.2 Å². The van der Waals surface area contributed by atoms with Gasteiger partial charge >= 0.3 is 5.97 Å². The lowest BCUT2D eigenvalue weighted by Crippen LogP contribution is -2.52. The minimum Gasteiger partial charge on any atom is -0.465 e. The van der Waals surface area contributed by atoms with Crippen LogP contribution in [0.5, 0.6) is 0 Å². The molecule has 9 nitrogen and oxygen atoms in total. The van der Waals surface area contributed by atoms with E-state index in [-0.39, 0.29) is 28.8 Å². The number of fused-ring (bicyclic) bond motifs is 2. The fraction of sp³-hybridized carbons (Fsp3) is 0.323. The number of nitrogens with one attached hydrogen (secondary N) is 1. The first-order valence-corrected chi connectivity index (χ1v) is 15.5. The van der Waals surface area contributed by atoms with Gasteiger partial charge in [-0.05, 0) is 73.4 Å². The van der Waals surface area contributed by atoms with Crippen molar-refractivity contribution in [2.24, 2.45) is 0 Å². The SMILES string of the molecule is COC(=O)c1cccc(S(=O)(=O)N2c3ccc(C(=O)NCc4ccccc4Cl)cc3C3(CCN(C(C)=O)CC3)C2C)c1. The van der Waals surface area contributed by atoms with Gasteiger partial charge in [-0.1, -0.05) is 35.9 Å². The highest BCUT2D eigenvalue weighted by Crippen LogP contribution is 2.53. The van der Waals surface area contributed by atoms with Crippen molar-refractivity contribution in [3.8, 4) is 0 Å². The van der Waals surface area contributed by atoms with Gasteiger partial charge in [0.05, 0.1) is 29.3 Å². The highest BCUT2D eigenvalue weighted by atomic mass is 35.5. The average molecular weight is 610 g/mol. The predicted molar refractivity (Wildman–Crippen MR) is 159 cm³/mol. The van der Waals surface area contributed by atoms with E-state index >= 15 is 0 Å². The van der Waals surface area contributed by atoms with Crippen molar-refractivity contribution >= 4 is 45.1 Å². The number of sulfonamides is 1. The smallest absolute Gasteiger partial charge is 0.337 e. The Bertz CT molecular complexity index is 1670. The fourth-order valence-corrected chi connectivity index (χ4v) is 8.10. The molecule has 0 aromatic heterocycles. The molecule has 1 N–H and O–H groups in total. The summed E-state index contributed by atoms with van der Waals surface area (Å²) in [5.74, 6) is -0.983. The van der Waals surface area contributed by atoms with Crippen molar-refractivity contribution in [3.63, 3.8) is 0 Å². The van der Waals surface area contributed by atoms with Crippen LogP contribution in [0.3, 0.4) is 0 Å². The van der Waals surface area contributed by atoms with Gasteiger partial charge in [0.25, 0.3) is 15.9 Å². The molecule has 0 saturated carbocycles. The lowest BCUT2D eigenvalue weighted by Gasteiger charge is -2.43. The molecule has 1 fully saturated rings. The van der Waals surface area contributed by atoms with E-state index in [1.165, 1.54) is 42.6 Å². The summed E-state index contributed by atoms with van der Waals surface area (Å²) in [7, 11) is -2.89. The summed E-state index contributed by atoms with van der Waals surface area (Å²) in [6.45, 7) is 4.56. The molecule has 5 rings (SSSR count). The van der Waals surface area contributed by atoms with Gasteiger partial charge in [0.1, 0.15) is 0 Å². The number of hydrogen-bond donors (Lipinski definition) is 1. The summed E-state index contributed by atoms with van der Waals surface area (Å²) >= 11 is 6.26. The van der Waals surface area contributed by atoms with Gasteiger partial charge in [0, 0.05) is 42.6 Å². The molecule has 0 bridgehead atoms. The number of hydrogen-bond acceptors (Lipinski definition) is 6. The van der Waals surface area contributed by atoms with Crippen LogP contribution in [0, 0.1) is 0 Å². The van der Waals surface area contributed by atoms with Gasteiger partial charge < -0.3 is 15.0 Å². The van der Waals surface area contributed by atoms with Gasteiger partial charge in [-0.3, -0.25) is 13.9 Å². The first-order valence-electron chi connectivity index (χ1n) is 13.6. The molecule has 3 aromatic rings. The van der Waals surface area contributed by atoms with Crippen molar-refractivity contribution in [1.82, 2.24) is 10.2 Å². The van der Waals surface area contributed by atoms with Crippen LogP contribution < -0.4 is 9.62 Å². The van der Waals surface area contributed by atoms with E-state index in [1.807, 2.05) is 25.1 Å². The molecule has 1 saturated heterocycles. The number of nitrogens with zero attached hydrogens (tertiary/aromatic N) is 2. The van der Waals surface area contributed by atoms with Crippen LogP contribution in [-0.2, 0) is 31.5 Å². The molecular formula is C31H32ClN3O6S. The van der Waals surface area contributed by atoms with Crippen molar-refractivity contribution in [2.45, 2.75) is 49.6 Å². The van der Waals surface area contributed by atoms with Crippen LogP contribution in [-0.4, -0.2) is 57.3 Å². The maximum Gasteiger partial charge on any atom is 0.337 e. The van der Waals surface area contributed by atoms with Crippen LogP contribution in [0.4, 0.5) is 5.69 Å². The Morgan fingerprint density at radius 2 is 1.71 bits per heavy atom. The second kappa shape index (κ2) is 11.4. The standard InChI is InChI=1S/C31H32ClN3O6S/c1-20-31(13-15-34(16-14-31)21(2)36)26-18-22(29(37)33-19-24-7-4-5-10-27(24)32)11-12-28(26)35(20)42(39,40)25-9-6-8-23(17-25)30(38)41-3/h4-12,17-18,20H,13-16,19H2,1-3H3,(H,33,37). The van der Waals surface area contributed by atoms with Crippen LogP contribution in [0.15, 0.2) is 71.6 Å². The van der Waals surface area contributed by atoms with E-state index in [4.69, 9.17) is 16.3 Å². The minimum absolute atomic E-state index is 0.0347. The monoisotopic (exact) mass is 609 g/mol. The summed E-state index contributed by atoms with van der Waals surface area (Å²) in [5, 5.41) is 3.46. The van der Waals surface area contributed by atoms with Crippen LogP contribution >= 0.6 is 11.6 Å². The number of ether oxygens (including phenoxy) is 1. The number of methoxy groups -OCH3 is 1. The Labute approximate surface area is 250 Å². The van der Waals surface area contributed by atoms with Crippen molar-refractivity contribution in [1.29, 1.82) is 0 Å². The number of anilines is 1. The molecule has 2 aliphatic rings. The van der Waals surface area contributed by atoms with Crippen molar-refractivity contribution < 1.29 is 27.5 Å². The third kappa shape index (κ3) is 5.13. The Hall–Kier alpha value is -3.89. The van der Waals surface area contributed by atoms with Crippen molar-refractivity contribution in [2.75, 3.05) is 24.5 Å². The van der Waals surface area contributed by atoms with Crippen molar-refractivity contribution in [3.05, 3.63) is 94.0 Å². The summed E-state index contributed by atoms with van der Waals surface area (Å²) in [6.07, 6.45) is 1.05. The lowest BCUT2D eigenvalue weighted by molar-refractivity contribution is -0.130. The van der Waals surface area contributed by atoms with E-state index in [9.17, 15) is 22.8 Å². The normalized spacial score (nSPS) is 17.6. The van der Waals surface area contributed by atoms with Crippen LogP contribution in [0.1, 0.15) is 58.5 Å². The summed E-state index contributed by atoms with van der Waals surface area (Å²) < 4.78 is 34.6. The Morgan fingerprint density at radius 3 is 2.38 bits per heavy atom. The van der Waals surface area contributed by atoms with Gasteiger partial charge in [0.15, 0.2) is 0 Å². The second-order valence-corrected chi connectivity index (χ2v) is 12.9. The number of benzene rings is 3. The Kier molecular flexibility index (Phi) is 8.04. The highest BCUT2D eigenvalue weighted by Gasteiger charge is 2.54. The summed E-state index contributed by atoms with van der Waals surface area (Å²) in [4.78, 5) is 39.3. The van der Waals surface area contributed by atoms with Crippen LogP contribution in [0.25, 0.3) is 0 Å². The molecular weight excluding hydrogens is 578 g/mol. The van der Waals surface area contributed by atoms with E-state index < -0.39 is 27.4 Å². The van der Waals surface area contributed by atoms with E-state index in [0.717, 1.165) is 11.1 Å². The zero-order valence-corrected chi connectivity index (χ0v) is 25.2. The molecule has 3 aromatic carbocycles. The second-order valence-electron chi connectivity index (χ2n) is 10.7. The Balaban J connectivity index is 1.54. The average Bonchev–Trinajstić information content (AvgIpc) is 3.23. The third-order valence-electron chi connectivity index (χ3n) is 8.49. The molecule has 0 radical (unpaired) electrons. The van der Waals surface area contributed by atoms with Gasteiger partial charge in [0.2, 0.25) is 5.91 Å². The molecule has 2 amide bonds. The molecule has 2 aliphatic heterocycles. The number of piperidine rings is 1. The minimum atomic E-state index is -4.13. The largest absolute Gasteiger partial charge is 0.465 e. The molecule has 1 atom stereocenters. The van der Waals surface area contributed by atoms with Gasteiger partial charge in [-0.15, -0.1) is 0 Å². The highest BCUT2D eigenvalue weighted by molar-refractivity contribution is 7.92. The van der Waals surface area contributed by atoms with E-state index in [1.54, 1.807) is 29.2 Å². The maximum atomic E-state index is 14.2. The first kappa shape index (κ1) is 29.6. The number of halogens is 1. The lowest BCUT2D eigenvalue weighted by atomic mass is 9.70. The Morgan fingerprint density at radius 1 is 1.00 bits per heavy atom. The number of esters is 1. The molecule has 1 unspecified atom stereocenters. The molecule has 1 spiro atoms. The van der Waals surface area contributed by atoms with E-state index in [0.29, 0.717) is 42.2 Å². The fourth-order valence-electron chi connectivity index (χ4n) is 6.11. The zero-order chi connectivity index (χ0) is 30.2. The zero-order valence-electron chi connectivity index (χ0n) is 23.6. The molecule has 2 heterocycles. The quantitative estimate of drug-likeness (QED) is 0.411. The predicted octanol–water partition coefficient (Wildman–Crippen LogP) is 4.53. The third-order valence-corrected chi connectivity index (χ3v) is 10.7. The first-order chi connectivity index (χ1) is 20.0. The number of carbonyl (C=O) groups is 3. The molecule has 220 valence electrons. The summed E-state index contributed by atoms with van der Waals surface area (Å²) in [5.41, 5.74) is 1.89.